The monoisotopic (exact) mass is 446 g/mol. The number of aromatic nitrogens is 4. The van der Waals surface area contributed by atoms with Crippen LogP contribution in [-0.2, 0) is 29.2 Å². The van der Waals surface area contributed by atoms with E-state index in [-0.39, 0.29) is 23.3 Å². The number of nitrogens with zero attached hydrogens (tertiary/aromatic N) is 3. The summed E-state index contributed by atoms with van der Waals surface area (Å²) in [6, 6.07) is 3.38. The van der Waals surface area contributed by atoms with Crippen LogP contribution < -0.4 is 11.2 Å². The van der Waals surface area contributed by atoms with Gasteiger partial charge in [0, 0.05) is 24.7 Å². The molecule has 0 saturated carbocycles. The summed E-state index contributed by atoms with van der Waals surface area (Å²) in [6.07, 6.45) is 4.16. The summed E-state index contributed by atoms with van der Waals surface area (Å²) in [5.74, 6) is -2.15. The van der Waals surface area contributed by atoms with Crippen molar-refractivity contribution >= 4 is 23.2 Å². The van der Waals surface area contributed by atoms with Gasteiger partial charge in [0.1, 0.15) is 24.1 Å². The number of nitrogens with one attached hydrogen (secondary N) is 1. The smallest absolute Gasteiger partial charge is 0.331 e. The van der Waals surface area contributed by atoms with Crippen LogP contribution in [0.3, 0.4) is 0 Å². The van der Waals surface area contributed by atoms with Gasteiger partial charge in [0.2, 0.25) is 0 Å². The average Bonchev–Trinajstić information content (AvgIpc) is 3.10. The molecule has 0 amide bonds. The van der Waals surface area contributed by atoms with Crippen LogP contribution >= 0.6 is 0 Å². The Balaban J connectivity index is 1.89. The van der Waals surface area contributed by atoms with Crippen LogP contribution in [-0.4, -0.2) is 25.1 Å². The molecule has 170 valence electrons. The molecule has 0 aliphatic rings. The standard InChI is InChI=1S/C22H24F2N4O4/c1-3-5-12-28-20-19(21(30)26-22(28)31)27(11-4-2)17(25-20)13-32-18(29)10-9-14-15(23)7-6-8-16(14)24/h6-10H,3-5,11-13H2,1-2H3,(H,26,30,31)/b10-9+. The number of hydrogen-bond donors (Lipinski definition) is 1. The summed E-state index contributed by atoms with van der Waals surface area (Å²) in [5, 5.41) is 0. The molecule has 0 aliphatic heterocycles. The first kappa shape index (κ1) is 23.1. The Morgan fingerprint density at radius 3 is 2.50 bits per heavy atom. The molecular formula is C22H24F2N4O4. The van der Waals surface area contributed by atoms with Crippen molar-refractivity contribution in [3.63, 3.8) is 0 Å². The van der Waals surface area contributed by atoms with Crippen LogP contribution in [0.1, 0.15) is 44.5 Å². The second kappa shape index (κ2) is 10.2. The van der Waals surface area contributed by atoms with E-state index in [9.17, 15) is 23.2 Å². The van der Waals surface area contributed by atoms with E-state index in [0.717, 1.165) is 37.1 Å². The number of fused-ring (bicyclic) bond motifs is 1. The number of ether oxygens (including phenoxy) is 1. The molecule has 1 N–H and O–H groups in total. The molecule has 3 aromatic rings. The van der Waals surface area contributed by atoms with Crippen LogP contribution in [0.5, 0.6) is 0 Å². The Labute approximate surface area is 182 Å². The molecule has 0 unspecified atom stereocenters. The van der Waals surface area contributed by atoms with E-state index in [1.165, 1.54) is 10.6 Å². The highest BCUT2D eigenvalue weighted by atomic mass is 19.1. The van der Waals surface area contributed by atoms with Crippen molar-refractivity contribution in [1.29, 1.82) is 0 Å². The molecule has 3 rings (SSSR count). The molecule has 8 nitrogen and oxygen atoms in total. The van der Waals surface area contributed by atoms with Crippen molar-refractivity contribution in [3.05, 3.63) is 68.1 Å². The number of imidazole rings is 1. The molecule has 0 bridgehead atoms. The van der Waals surface area contributed by atoms with Gasteiger partial charge < -0.3 is 9.30 Å². The van der Waals surface area contributed by atoms with Crippen molar-refractivity contribution in [1.82, 2.24) is 19.1 Å². The summed E-state index contributed by atoms with van der Waals surface area (Å²) in [6.45, 7) is 4.43. The second-order valence-corrected chi connectivity index (χ2v) is 7.19. The van der Waals surface area contributed by atoms with Gasteiger partial charge in [0.25, 0.3) is 5.56 Å². The Kier molecular flexibility index (Phi) is 7.34. The summed E-state index contributed by atoms with van der Waals surface area (Å²) in [4.78, 5) is 43.6. The lowest BCUT2D eigenvalue weighted by Gasteiger charge is -2.08. The van der Waals surface area contributed by atoms with Crippen molar-refractivity contribution in [2.75, 3.05) is 0 Å². The first-order valence-corrected chi connectivity index (χ1v) is 10.4. The van der Waals surface area contributed by atoms with E-state index in [0.29, 0.717) is 25.3 Å². The van der Waals surface area contributed by atoms with Gasteiger partial charge in [-0.05, 0) is 31.1 Å². The van der Waals surface area contributed by atoms with Gasteiger partial charge in [-0.15, -0.1) is 0 Å². The topological polar surface area (TPSA) is 99.0 Å². The number of unbranched alkanes of at least 4 members (excludes halogenated alkanes) is 1. The van der Waals surface area contributed by atoms with E-state index in [1.807, 2.05) is 13.8 Å². The largest absolute Gasteiger partial charge is 0.454 e. The van der Waals surface area contributed by atoms with E-state index in [2.05, 4.69) is 9.97 Å². The molecule has 0 radical (unpaired) electrons. The molecule has 32 heavy (non-hydrogen) atoms. The Hall–Kier alpha value is -3.56. The zero-order valence-corrected chi connectivity index (χ0v) is 17.9. The normalized spacial score (nSPS) is 11.5. The number of carbonyl (C=O) groups excluding carboxylic acids is 1. The van der Waals surface area contributed by atoms with E-state index in [4.69, 9.17) is 4.74 Å². The Bertz CT molecular complexity index is 1250. The van der Waals surface area contributed by atoms with E-state index >= 15 is 0 Å². The van der Waals surface area contributed by atoms with Crippen molar-refractivity contribution in [2.24, 2.45) is 0 Å². The summed E-state index contributed by atoms with van der Waals surface area (Å²) in [7, 11) is 0. The number of hydrogen-bond acceptors (Lipinski definition) is 5. The summed E-state index contributed by atoms with van der Waals surface area (Å²) >= 11 is 0. The maximum Gasteiger partial charge on any atom is 0.331 e. The summed E-state index contributed by atoms with van der Waals surface area (Å²) in [5.41, 5.74) is -0.996. The van der Waals surface area contributed by atoms with Crippen LogP contribution in [0, 0.1) is 11.6 Å². The molecule has 2 aromatic heterocycles. The fraction of sp³-hybridized carbons (Fsp3) is 0.364. The number of rotatable bonds is 9. The number of halogens is 2. The minimum atomic E-state index is -0.833. The van der Waals surface area contributed by atoms with Gasteiger partial charge in [-0.3, -0.25) is 14.3 Å². The van der Waals surface area contributed by atoms with Gasteiger partial charge in [0.05, 0.1) is 0 Å². The lowest BCUT2D eigenvalue weighted by molar-refractivity contribution is -0.139. The lowest BCUT2D eigenvalue weighted by atomic mass is 10.2. The minimum absolute atomic E-state index is 0.232. The molecular weight excluding hydrogens is 422 g/mol. The fourth-order valence-corrected chi connectivity index (χ4v) is 3.32. The maximum absolute atomic E-state index is 13.7. The maximum atomic E-state index is 13.7. The average molecular weight is 446 g/mol. The highest BCUT2D eigenvalue weighted by molar-refractivity contribution is 5.87. The molecule has 2 heterocycles. The number of aromatic amines is 1. The highest BCUT2D eigenvalue weighted by Gasteiger charge is 2.19. The molecule has 0 atom stereocenters. The van der Waals surface area contributed by atoms with Gasteiger partial charge in [-0.25, -0.2) is 23.4 Å². The predicted molar refractivity (Wildman–Crippen MR) is 115 cm³/mol. The lowest BCUT2D eigenvalue weighted by Crippen LogP contribution is -2.31. The quantitative estimate of drug-likeness (QED) is 0.402. The molecule has 0 fully saturated rings. The third-order valence-corrected chi connectivity index (χ3v) is 4.88. The number of H-pyrrole nitrogens is 1. The number of benzene rings is 1. The highest BCUT2D eigenvalue weighted by Crippen LogP contribution is 2.16. The van der Waals surface area contributed by atoms with Gasteiger partial charge in [0.15, 0.2) is 11.2 Å². The van der Waals surface area contributed by atoms with Crippen LogP contribution in [0.4, 0.5) is 8.78 Å². The molecule has 0 aliphatic carbocycles. The van der Waals surface area contributed by atoms with E-state index in [1.54, 1.807) is 4.57 Å². The number of aryl methyl sites for hydroxylation is 2. The van der Waals surface area contributed by atoms with Crippen molar-refractivity contribution in [2.45, 2.75) is 52.8 Å². The number of carbonyl (C=O) groups is 1. The fourth-order valence-electron chi connectivity index (χ4n) is 3.32. The molecule has 1 aromatic carbocycles. The number of esters is 1. The first-order chi connectivity index (χ1) is 15.4. The van der Waals surface area contributed by atoms with Crippen LogP contribution in [0.15, 0.2) is 33.9 Å². The van der Waals surface area contributed by atoms with Crippen molar-refractivity contribution < 1.29 is 18.3 Å². The zero-order valence-electron chi connectivity index (χ0n) is 17.9. The van der Waals surface area contributed by atoms with Gasteiger partial charge in [-0.2, -0.15) is 0 Å². The van der Waals surface area contributed by atoms with Gasteiger partial charge >= 0.3 is 11.7 Å². The molecule has 10 heteroatoms. The van der Waals surface area contributed by atoms with E-state index < -0.39 is 28.9 Å². The third-order valence-electron chi connectivity index (χ3n) is 4.88. The minimum Gasteiger partial charge on any atom is -0.454 e. The van der Waals surface area contributed by atoms with Gasteiger partial charge in [-0.1, -0.05) is 26.3 Å². The third kappa shape index (κ3) is 4.84. The zero-order chi connectivity index (χ0) is 23.3. The summed E-state index contributed by atoms with van der Waals surface area (Å²) < 4.78 is 35.6. The second-order valence-electron chi connectivity index (χ2n) is 7.19. The Morgan fingerprint density at radius 2 is 1.84 bits per heavy atom. The predicted octanol–water partition coefficient (Wildman–Crippen LogP) is 3.13. The Morgan fingerprint density at radius 1 is 1.12 bits per heavy atom. The van der Waals surface area contributed by atoms with Crippen LogP contribution in [0.25, 0.3) is 17.2 Å². The van der Waals surface area contributed by atoms with Crippen LogP contribution in [0.2, 0.25) is 0 Å². The SMILES string of the molecule is CCCCn1c(=O)[nH]c(=O)c2c1nc(COC(=O)/C=C/c1c(F)cccc1F)n2CCC. The molecule has 0 saturated heterocycles. The molecule has 0 spiro atoms. The van der Waals surface area contributed by atoms with Crippen molar-refractivity contribution in [3.8, 4) is 0 Å². The first-order valence-electron chi connectivity index (χ1n) is 10.4.